The molecular weight excluding hydrogens is 620 g/mol. The van der Waals surface area contributed by atoms with E-state index in [1.165, 1.54) is 25.5 Å². The van der Waals surface area contributed by atoms with Crippen LogP contribution in [0.2, 0.25) is 0 Å². The Kier molecular flexibility index (Phi) is 10.9. The molecule has 47 heavy (non-hydrogen) atoms. The van der Waals surface area contributed by atoms with Crippen molar-refractivity contribution in [3.8, 4) is 23.0 Å². The number of nitro benzene ring substituents is 2. The van der Waals surface area contributed by atoms with Crippen LogP contribution < -0.4 is 30.3 Å². The van der Waals surface area contributed by atoms with Crippen LogP contribution in [0.15, 0.2) is 77.0 Å². The average Bonchev–Trinajstić information content (AvgIpc) is 3.04. The summed E-state index contributed by atoms with van der Waals surface area (Å²) in [6, 6.07) is 12.9. The molecule has 3 aromatic carbocycles. The third kappa shape index (κ3) is 8.49. The third-order valence-corrected chi connectivity index (χ3v) is 6.57. The normalized spacial score (nSPS) is 14.9. The molecule has 0 spiro atoms. The van der Waals surface area contributed by atoms with Gasteiger partial charge in [0.25, 0.3) is 5.69 Å². The molecule has 1 aliphatic heterocycles. The molecule has 0 bridgehead atoms. The van der Waals surface area contributed by atoms with Crippen molar-refractivity contribution in [3.63, 3.8) is 0 Å². The maximum atomic E-state index is 12.4. The molecule has 2 atom stereocenters. The molecule has 0 saturated carbocycles. The fourth-order valence-corrected chi connectivity index (χ4v) is 4.42. The zero-order chi connectivity index (χ0) is 34.1. The van der Waals surface area contributed by atoms with E-state index in [9.17, 15) is 34.9 Å². The van der Waals surface area contributed by atoms with E-state index in [-0.39, 0.29) is 30.3 Å². The number of methoxy groups -OCH3 is 1. The van der Waals surface area contributed by atoms with Crippen LogP contribution in [0.1, 0.15) is 31.0 Å². The van der Waals surface area contributed by atoms with Crippen molar-refractivity contribution in [1.29, 1.82) is 0 Å². The Morgan fingerprint density at radius 2 is 1.77 bits per heavy atom. The zero-order valence-corrected chi connectivity index (χ0v) is 25.3. The highest BCUT2D eigenvalue weighted by molar-refractivity contribution is 5.95. The molecule has 0 saturated heterocycles. The number of hydrogen-bond donors (Lipinski definition) is 4. The molecule has 246 valence electrons. The van der Waals surface area contributed by atoms with Crippen molar-refractivity contribution in [2.45, 2.75) is 26.1 Å². The lowest BCUT2D eigenvalue weighted by Crippen LogP contribution is -2.45. The molecule has 4 N–H and O–H groups in total. The Labute approximate surface area is 267 Å². The number of aliphatic hydroxyl groups excluding tert-OH is 1. The Morgan fingerprint density at radius 3 is 2.43 bits per heavy atom. The molecule has 0 radical (unpaired) electrons. The van der Waals surface area contributed by atoms with Gasteiger partial charge in [0.15, 0.2) is 17.7 Å². The van der Waals surface area contributed by atoms with E-state index in [1.807, 2.05) is 0 Å². The number of aliphatic hydroxyl groups is 1. The largest absolute Gasteiger partial charge is 0.490 e. The van der Waals surface area contributed by atoms with E-state index in [0.717, 1.165) is 18.2 Å². The molecule has 0 unspecified atom stereocenters. The minimum atomic E-state index is -1.23. The van der Waals surface area contributed by atoms with Crippen LogP contribution in [0.5, 0.6) is 23.0 Å². The number of ether oxygens (including phenoxy) is 4. The molecule has 0 aliphatic carbocycles. The fraction of sp³-hybridized carbons (Fsp3) is 0.233. The first-order valence-electron chi connectivity index (χ1n) is 13.9. The molecule has 4 rings (SSSR count). The number of non-ortho nitro benzene ring substituents is 1. The highest BCUT2D eigenvalue weighted by atomic mass is 16.6. The summed E-state index contributed by atoms with van der Waals surface area (Å²) in [7, 11) is 1.25. The number of nitro groups is 2. The summed E-state index contributed by atoms with van der Waals surface area (Å²) in [5.41, 5.74) is 3.26. The molecule has 3 aromatic rings. The second-order valence-electron chi connectivity index (χ2n) is 9.75. The first kappa shape index (κ1) is 33.7. The maximum Gasteiger partial charge on any atom is 0.337 e. The summed E-state index contributed by atoms with van der Waals surface area (Å²) in [5, 5.41) is 41.9. The Bertz CT molecular complexity index is 1730. The number of hydrogen-bond acceptors (Lipinski definition) is 13. The second-order valence-corrected chi connectivity index (χ2v) is 9.75. The van der Waals surface area contributed by atoms with Crippen LogP contribution in [0, 0.1) is 20.2 Å². The molecule has 2 amide bonds. The van der Waals surface area contributed by atoms with Crippen LogP contribution in [-0.2, 0) is 9.53 Å². The van der Waals surface area contributed by atoms with Crippen LogP contribution in [-0.4, -0.2) is 59.7 Å². The number of amides is 2. The Balaban J connectivity index is 1.36. The van der Waals surface area contributed by atoms with Gasteiger partial charge in [0.1, 0.15) is 12.4 Å². The molecule has 0 fully saturated rings. The third-order valence-electron chi connectivity index (χ3n) is 6.57. The van der Waals surface area contributed by atoms with Gasteiger partial charge in [0, 0.05) is 11.8 Å². The lowest BCUT2D eigenvalue weighted by molar-refractivity contribution is -0.394. The van der Waals surface area contributed by atoms with Crippen molar-refractivity contribution < 1.29 is 43.5 Å². The zero-order valence-electron chi connectivity index (χ0n) is 25.3. The quantitative estimate of drug-likeness (QED) is 0.0642. The van der Waals surface area contributed by atoms with Crippen LogP contribution >= 0.6 is 0 Å². The van der Waals surface area contributed by atoms with Crippen molar-refractivity contribution in [3.05, 3.63) is 103 Å². The van der Waals surface area contributed by atoms with Crippen LogP contribution in [0.25, 0.3) is 0 Å². The lowest BCUT2D eigenvalue weighted by Gasteiger charge is -2.28. The van der Waals surface area contributed by atoms with E-state index in [0.29, 0.717) is 28.3 Å². The minimum absolute atomic E-state index is 0.162. The van der Waals surface area contributed by atoms with Gasteiger partial charge in [-0.05, 0) is 67.4 Å². The number of rotatable bonds is 14. The predicted molar refractivity (Wildman–Crippen MR) is 165 cm³/mol. The van der Waals surface area contributed by atoms with Gasteiger partial charge in [-0.1, -0.05) is 6.07 Å². The second kappa shape index (κ2) is 15.2. The van der Waals surface area contributed by atoms with Crippen molar-refractivity contribution in [1.82, 2.24) is 16.1 Å². The molecule has 17 heteroatoms. The highest BCUT2D eigenvalue weighted by Gasteiger charge is 2.32. The fourth-order valence-electron chi connectivity index (χ4n) is 4.42. The Hall–Kier alpha value is -6.23. The van der Waals surface area contributed by atoms with Crippen molar-refractivity contribution in [2.24, 2.45) is 5.10 Å². The van der Waals surface area contributed by atoms with E-state index in [4.69, 9.17) is 18.9 Å². The van der Waals surface area contributed by atoms with E-state index in [2.05, 4.69) is 21.2 Å². The summed E-state index contributed by atoms with van der Waals surface area (Å²) >= 11 is 0. The average molecular weight is 651 g/mol. The standard InChI is InChI=1S/C30H30N6O11/c1-4-45-25-13-19(28-27(29(38)44-3)17(2)32-30(39)33-28)7-11-24(25)46-16-26(37)34-31-15-18-5-9-21(10-6-18)47-23-12-8-20(35(40)41)14-22(23)36(42)43/h5-15,26,28,34,37H,4,16H2,1-3H3,(H2,32,33,39)/b31-15-/t26-,28+/m1/s1. The number of allylic oxidation sites excluding steroid dienone is 1. The first-order chi connectivity index (χ1) is 22.5. The van der Waals surface area contributed by atoms with Gasteiger partial charge in [-0.25, -0.2) is 9.59 Å². The van der Waals surface area contributed by atoms with E-state index < -0.39 is 45.5 Å². The minimum Gasteiger partial charge on any atom is -0.490 e. The summed E-state index contributed by atoms with van der Waals surface area (Å²) in [4.78, 5) is 45.3. The summed E-state index contributed by atoms with van der Waals surface area (Å²) in [6.07, 6.45) is 0.176. The first-order valence-corrected chi connectivity index (χ1v) is 13.9. The van der Waals surface area contributed by atoms with Crippen LogP contribution in [0.4, 0.5) is 16.2 Å². The topological polar surface area (TPSA) is 226 Å². The van der Waals surface area contributed by atoms with Gasteiger partial charge < -0.3 is 34.7 Å². The number of hydrazone groups is 1. The number of nitrogens with one attached hydrogen (secondary N) is 3. The smallest absolute Gasteiger partial charge is 0.337 e. The van der Waals surface area contributed by atoms with Gasteiger partial charge in [-0.2, -0.15) is 5.10 Å². The monoisotopic (exact) mass is 650 g/mol. The molecule has 17 nitrogen and oxygen atoms in total. The highest BCUT2D eigenvalue weighted by Crippen LogP contribution is 2.36. The van der Waals surface area contributed by atoms with E-state index in [1.54, 1.807) is 44.2 Å². The number of esters is 1. The summed E-state index contributed by atoms with van der Waals surface area (Å²) in [5.74, 6) is 0.0872. The molecule has 1 aliphatic rings. The summed E-state index contributed by atoms with van der Waals surface area (Å²) < 4.78 is 21.9. The van der Waals surface area contributed by atoms with Crippen molar-refractivity contribution in [2.75, 3.05) is 20.3 Å². The number of carbonyl (C=O) groups is 2. The predicted octanol–water partition coefficient (Wildman–Crippen LogP) is 3.82. The number of benzene rings is 3. The van der Waals surface area contributed by atoms with Crippen LogP contribution in [0.3, 0.4) is 0 Å². The van der Waals surface area contributed by atoms with Gasteiger partial charge in [0.05, 0.1) is 47.5 Å². The van der Waals surface area contributed by atoms with Gasteiger partial charge in [-0.3, -0.25) is 25.7 Å². The van der Waals surface area contributed by atoms with Crippen molar-refractivity contribution >= 4 is 29.6 Å². The Morgan fingerprint density at radius 1 is 1.04 bits per heavy atom. The van der Waals surface area contributed by atoms with E-state index >= 15 is 0 Å². The molecular formula is C30H30N6O11. The molecule has 0 aromatic heterocycles. The summed E-state index contributed by atoms with van der Waals surface area (Å²) in [6.45, 7) is 3.43. The number of urea groups is 1. The van der Waals surface area contributed by atoms with Gasteiger partial charge >= 0.3 is 17.7 Å². The van der Waals surface area contributed by atoms with Gasteiger partial charge in [-0.15, -0.1) is 0 Å². The van der Waals surface area contributed by atoms with Gasteiger partial charge in [0.2, 0.25) is 5.75 Å². The number of carbonyl (C=O) groups excluding carboxylic acids is 2. The SMILES string of the molecule is CCOc1cc([C@@H]2NC(=O)NC(C)=C2C(=O)OC)ccc1OC[C@@H](O)N/N=C\c1ccc(Oc2ccc([N+](=O)[O-])cc2[N+](=O)[O-])cc1. The number of nitrogens with zero attached hydrogens (tertiary/aromatic N) is 3. The lowest BCUT2D eigenvalue weighted by atomic mass is 9.95. The maximum absolute atomic E-state index is 12.4. The molecule has 1 heterocycles.